The summed E-state index contributed by atoms with van der Waals surface area (Å²) in [5.41, 5.74) is 0.500. The number of carbonyl (C=O) groups is 1. The predicted molar refractivity (Wildman–Crippen MR) is 101 cm³/mol. The molecule has 0 spiro atoms. The minimum absolute atomic E-state index is 0.0130. The van der Waals surface area contributed by atoms with Crippen molar-refractivity contribution in [2.24, 2.45) is 0 Å². The zero-order valence-corrected chi connectivity index (χ0v) is 16.2. The van der Waals surface area contributed by atoms with Crippen LogP contribution in [0.2, 0.25) is 0 Å². The van der Waals surface area contributed by atoms with Crippen molar-refractivity contribution in [2.75, 3.05) is 26.2 Å². The van der Waals surface area contributed by atoms with Crippen molar-refractivity contribution in [2.45, 2.75) is 4.90 Å². The highest BCUT2D eigenvalue weighted by Gasteiger charge is 2.33. The third kappa shape index (κ3) is 3.61. The van der Waals surface area contributed by atoms with Crippen molar-refractivity contribution in [1.29, 1.82) is 0 Å². The second kappa shape index (κ2) is 7.65. The highest BCUT2D eigenvalue weighted by atomic mass is 32.2. The van der Waals surface area contributed by atoms with Crippen molar-refractivity contribution in [3.8, 4) is 0 Å². The van der Waals surface area contributed by atoms with Crippen LogP contribution in [0.25, 0.3) is 11.0 Å². The van der Waals surface area contributed by atoms with Gasteiger partial charge >= 0.3 is 0 Å². The summed E-state index contributed by atoms with van der Waals surface area (Å²) in [6.45, 7) is -0.161. The summed E-state index contributed by atoms with van der Waals surface area (Å²) in [6.07, 6.45) is 2.77. The molecule has 2 aromatic carbocycles. The molecule has 1 saturated heterocycles. The molecule has 30 heavy (non-hydrogen) atoms. The fourth-order valence-electron chi connectivity index (χ4n) is 3.33. The molecule has 0 atom stereocenters. The SMILES string of the molecule is O=C(c1cc(F)cc2nccnc12)N1CCN(S(=O)(=O)c2ccc(F)cc2F)CC1. The second-order valence-corrected chi connectivity index (χ2v) is 8.55. The van der Waals surface area contributed by atoms with Crippen LogP contribution in [0.15, 0.2) is 47.6 Å². The molecule has 1 aliphatic heterocycles. The normalized spacial score (nSPS) is 15.5. The summed E-state index contributed by atoms with van der Waals surface area (Å²) >= 11 is 0. The fraction of sp³-hybridized carbons (Fsp3) is 0.211. The van der Waals surface area contributed by atoms with Crippen LogP contribution in [0.4, 0.5) is 13.2 Å². The fourth-order valence-corrected chi connectivity index (χ4v) is 4.80. The summed E-state index contributed by atoms with van der Waals surface area (Å²) < 4.78 is 67.3. The Labute approximate surface area is 169 Å². The van der Waals surface area contributed by atoms with Gasteiger partial charge in [0, 0.05) is 50.7 Å². The topological polar surface area (TPSA) is 83.5 Å². The quantitative estimate of drug-likeness (QED) is 0.629. The Kier molecular flexibility index (Phi) is 5.16. The Morgan fingerprint density at radius 3 is 2.30 bits per heavy atom. The highest BCUT2D eigenvalue weighted by molar-refractivity contribution is 7.89. The van der Waals surface area contributed by atoms with Crippen LogP contribution in [0, 0.1) is 17.5 Å². The number of halogens is 3. The average molecular weight is 436 g/mol. The zero-order valence-electron chi connectivity index (χ0n) is 15.4. The number of rotatable bonds is 3. The van der Waals surface area contributed by atoms with E-state index in [0.717, 1.165) is 22.5 Å². The molecule has 0 bridgehead atoms. The van der Waals surface area contributed by atoms with E-state index in [9.17, 15) is 26.4 Å². The molecule has 1 aromatic heterocycles. The lowest BCUT2D eigenvalue weighted by atomic mass is 10.1. The summed E-state index contributed by atoms with van der Waals surface area (Å²) in [4.78, 5) is 21.7. The van der Waals surface area contributed by atoms with E-state index < -0.39 is 38.3 Å². The molecule has 0 radical (unpaired) electrons. The summed E-state index contributed by atoms with van der Waals surface area (Å²) in [5, 5.41) is 0. The molecule has 2 heterocycles. The van der Waals surface area contributed by atoms with Gasteiger partial charge in [-0.1, -0.05) is 0 Å². The van der Waals surface area contributed by atoms with E-state index in [1.165, 1.54) is 23.4 Å². The van der Waals surface area contributed by atoms with Crippen molar-refractivity contribution < 1.29 is 26.4 Å². The van der Waals surface area contributed by atoms with Gasteiger partial charge in [0.15, 0.2) is 0 Å². The maximum atomic E-state index is 14.0. The Morgan fingerprint density at radius 1 is 0.900 bits per heavy atom. The molecule has 3 aromatic rings. The van der Waals surface area contributed by atoms with Crippen molar-refractivity contribution in [3.63, 3.8) is 0 Å². The van der Waals surface area contributed by atoms with E-state index in [1.807, 2.05) is 0 Å². The van der Waals surface area contributed by atoms with E-state index in [-0.39, 0.29) is 42.8 Å². The van der Waals surface area contributed by atoms with Crippen molar-refractivity contribution >= 4 is 27.0 Å². The van der Waals surface area contributed by atoms with Gasteiger partial charge in [0.1, 0.15) is 27.9 Å². The molecule has 156 valence electrons. The number of piperazine rings is 1. The molecule has 11 heteroatoms. The number of amides is 1. The molecule has 0 saturated carbocycles. The maximum Gasteiger partial charge on any atom is 0.256 e. The third-order valence-corrected chi connectivity index (χ3v) is 6.74. The highest BCUT2D eigenvalue weighted by Crippen LogP contribution is 2.23. The monoisotopic (exact) mass is 436 g/mol. The number of carbonyl (C=O) groups excluding carboxylic acids is 1. The van der Waals surface area contributed by atoms with Crippen LogP contribution in [0.3, 0.4) is 0 Å². The van der Waals surface area contributed by atoms with Crippen LogP contribution in [-0.2, 0) is 10.0 Å². The standard InChI is InChI=1S/C19H15F3N4O3S/c20-12-1-2-17(15(22)10-12)30(28,29)26-7-5-25(6-8-26)19(27)14-9-13(21)11-16-18(14)24-4-3-23-16/h1-4,9-11H,5-8H2. The van der Waals surface area contributed by atoms with Gasteiger partial charge in [0.2, 0.25) is 10.0 Å². The molecule has 4 rings (SSSR count). The summed E-state index contributed by atoms with van der Waals surface area (Å²) in [5.74, 6) is -3.21. The van der Waals surface area contributed by atoms with E-state index in [2.05, 4.69) is 9.97 Å². The molecule has 1 amide bonds. The number of hydrogen-bond acceptors (Lipinski definition) is 5. The first-order chi connectivity index (χ1) is 14.3. The van der Waals surface area contributed by atoms with Crippen LogP contribution < -0.4 is 0 Å². The van der Waals surface area contributed by atoms with E-state index >= 15 is 0 Å². The molecule has 1 aliphatic rings. The van der Waals surface area contributed by atoms with E-state index in [4.69, 9.17) is 0 Å². The molecule has 0 unspecified atom stereocenters. The van der Waals surface area contributed by atoms with Gasteiger partial charge < -0.3 is 4.90 Å². The van der Waals surface area contributed by atoms with Crippen LogP contribution in [-0.4, -0.2) is 59.7 Å². The Hall–Kier alpha value is -3.05. The van der Waals surface area contributed by atoms with Gasteiger partial charge in [0.25, 0.3) is 5.91 Å². The van der Waals surface area contributed by atoms with Gasteiger partial charge in [-0.3, -0.25) is 14.8 Å². The summed E-state index contributed by atoms with van der Waals surface area (Å²) in [7, 11) is -4.19. The average Bonchev–Trinajstić information content (AvgIpc) is 2.72. The number of fused-ring (bicyclic) bond motifs is 1. The molecule has 0 aliphatic carbocycles. The number of aromatic nitrogens is 2. The van der Waals surface area contributed by atoms with E-state index in [1.54, 1.807) is 0 Å². The van der Waals surface area contributed by atoms with Crippen molar-refractivity contribution in [1.82, 2.24) is 19.2 Å². The smallest absolute Gasteiger partial charge is 0.256 e. The minimum Gasteiger partial charge on any atom is -0.336 e. The summed E-state index contributed by atoms with van der Waals surface area (Å²) in [6, 6.07) is 4.47. The Bertz CT molecular complexity index is 1250. The number of sulfonamides is 1. The largest absolute Gasteiger partial charge is 0.336 e. The van der Waals surface area contributed by atoms with Gasteiger partial charge in [-0.15, -0.1) is 0 Å². The molecular formula is C19H15F3N4O3S. The second-order valence-electron chi connectivity index (χ2n) is 6.65. The first-order valence-electron chi connectivity index (χ1n) is 8.92. The molecule has 7 nitrogen and oxygen atoms in total. The van der Waals surface area contributed by atoms with Crippen LogP contribution in [0.5, 0.6) is 0 Å². The predicted octanol–water partition coefficient (Wildman–Crippen LogP) is 2.19. The lowest BCUT2D eigenvalue weighted by molar-refractivity contribution is 0.0699. The molecular weight excluding hydrogens is 421 g/mol. The number of benzene rings is 2. The maximum absolute atomic E-state index is 14.0. The number of hydrogen-bond donors (Lipinski definition) is 0. The molecule has 1 fully saturated rings. The van der Waals surface area contributed by atoms with Crippen molar-refractivity contribution in [3.05, 3.63) is 65.7 Å². The lowest BCUT2D eigenvalue weighted by Crippen LogP contribution is -2.50. The van der Waals surface area contributed by atoms with E-state index in [0.29, 0.717) is 6.07 Å². The Morgan fingerprint density at radius 2 is 1.60 bits per heavy atom. The van der Waals surface area contributed by atoms with Gasteiger partial charge in [0.05, 0.1) is 11.1 Å². The van der Waals surface area contributed by atoms with Crippen LogP contribution in [0.1, 0.15) is 10.4 Å². The number of nitrogens with zero attached hydrogens (tertiary/aromatic N) is 4. The third-order valence-electron chi connectivity index (χ3n) is 4.81. The van der Waals surface area contributed by atoms with Gasteiger partial charge in [-0.05, 0) is 18.2 Å². The lowest BCUT2D eigenvalue weighted by Gasteiger charge is -2.34. The Balaban J connectivity index is 1.54. The van der Waals surface area contributed by atoms with Gasteiger partial charge in [-0.25, -0.2) is 21.6 Å². The first kappa shape index (κ1) is 20.2. The van der Waals surface area contributed by atoms with Gasteiger partial charge in [-0.2, -0.15) is 4.31 Å². The first-order valence-corrected chi connectivity index (χ1v) is 10.4. The molecule has 0 N–H and O–H groups in total. The van der Waals surface area contributed by atoms with Crippen LogP contribution >= 0.6 is 0 Å². The zero-order chi connectivity index (χ0) is 21.5. The minimum atomic E-state index is -4.19.